The summed E-state index contributed by atoms with van der Waals surface area (Å²) in [6, 6.07) is 25.9. The molecule has 0 saturated carbocycles. The number of Topliss-reactive ketones (excluding diaryl/α,β-unsaturated/α-hetero) is 1. The Morgan fingerprint density at radius 3 is 2.55 bits per heavy atom. The van der Waals surface area contributed by atoms with Gasteiger partial charge in [-0.05, 0) is 60.5 Å². The number of ether oxygens (including phenoxy) is 3. The van der Waals surface area contributed by atoms with Crippen molar-refractivity contribution in [2.24, 2.45) is 0 Å². The van der Waals surface area contributed by atoms with E-state index in [-0.39, 0.29) is 11.3 Å². The van der Waals surface area contributed by atoms with Gasteiger partial charge in [0.25, 0.3) is 5.78 Å². The number of benzene rings is 4. The summed E-state index contributed by atoms with van der Waals surface area (Å²) in [6.07, 6.45) is 0. The van der Waals surface area contributed by atoms with Crippen LogP contribution < -0.4 is 19.1 Å². The van der Waals surface area contributed by atoms with E-state index >= 15 is 0 Å². The Morgan fingerprint density at radius 1 is 0.955 bits per heavy atom. The third kappa shape index (κ3) is 5.59. The fourth-order valence-corrected chi connectivity index (χ4v) is 6.37. The van der Waals surface area contributed by atoms with Crippen LogP contribution in [0, 0.1) is 0 Å². The SMILES string of the molecule is CCOc1cccc(/C(O)=C2\C(=O)C(=O)N(c3nc4ccc(Cl)cc4s3)C2c2ccc(OCc3ccccc3)c(OC)c2)c1. The highest BCUT2D eigenvalue weighted by atomic mass is 35.5. The number of aromatic nitrogens is 1. The molecule has 1 unspecified atom stereocenters. The van der Waals surface area contributed by atoms with Crippen LogP contribution in [0.25, 0.3) is 16.0 Å². The van der Waals surface area contributed by atoms with Gasteiger partial charge in [0, 0.05) is 10.6 Å². The second-order valence-corrected chi connectivity index (χ2v) is 11.4. The minimum atomic E-state index is -1.01. The summed E-state index contributed by atoms with van der Waals surface area (Å²) in [5.74, 6) is -0.576. The van der Waals surface area contributed by atoms with E-state index in [1.807, 2.05) is 37.3 Å². The van der Waals surface area contributed by atoms with Crippen LogP contribution in [0.3, 0.4) is 0 Å². The summed E-state index contributed by atoms with van der Waals surface area (Å²) in [5, 5.41) is 12.4. The van der Waals surface area contributed by atoms with Crippen LogP contribution in [0.4, 0.5) is 5.13 Å². The molecule has 0 spiro atoms. The molecule has 0 aliphatic carbocycles. The summed E-state index contributed by atoms with van der Waals surface area (Å²) in [7, 11) is 1.52. The second kappa shape index (κ2) is 12.4. The molecular weight excluding hydrogens is 600 g/mol. The Balaban J connectivity index is 1.48. The molecule has 222 valence electrons. The predicted octanol–water partition coefficient (Wildman–Crippen LogP) is 7.56. The van der Waals surface area contributed by atoms with Crippen molar-refractivity contribution in [2.75, 3.05) is 18.6 Å². The zero-order chi connectivity index (χ0) is 30.8. The first-order valence-corrected chi connectivity index (χ1v) is 15.0. The Bertz CT molecular complexity index is 1900. The summed E-state index contributed by atoms with van der Waals surface area (Å²) < 4.78 is 18.1. The topological polar surface area (TPSA) is 98.2 Å². The summed E-state index contributed by atoms with van der Waals surface area (Å²) in [4.78, 5) is 33.4. The third-order valence-electron chi connectivity index (χ3n) is 7.15. The van der Waals surface area contributed by atoms with E-state index in [9.17, 15) is 14.7 Å². The molecule has 1 aromatic heterocycles. The lowest BCUT2D eigenvalue weighted by molar-refractivity contribution is -0.132. The number of ketones is 1. The fraction of sp³-hybridized carbons (Fsp3) is 0.147. The van der Waals surface area contributed by atoms with Crippen molar-refractivity contribution < 1.29 is 28.9 Å². The lowest BCUT2D eigenvalue weighted by Crippen LogP contribution is -2.29. The Kier molecular flexibility index (Phi) is 8.23. The number of hydrogen-bond donors (Lipinski definition) is 1. The monoisotopic (exact) mass is 626 g/mol. The van der Waals surface area contributed by atoms with Gasteiger partial charge in [0.15, 0.2) is 16.6 Å². The number of methoxy groups -OCH3 is 1. The van der Waals surface area contributed by atoms with E-state index in [1.54, 1.807) is 60.7 Å². The first-order chi connectivity index (χ1) is 21.4. The van der Waals surface area contributed by atoms with Crippen molar-refractivity contribution in [3.05, 3.63) is 118 Å². The molecule has 44 heavy (non-hydrogen) atoms. The molecule has 1 saturated heterocycles. The van der Waals surface area contributed by atoms with Gasteiger partial charge in [-0.2, -0.15) is 0 Å². The fourth-order valence-electron chi connectivity index (χ4n) is 5.10. The minimum absolute atomic E-state index is 0.0825. The smallest absolute Gasteiger partial charge is 0.301 e. The Hall–Kier alpha value is -4.86. The van der Waals surface area contributed by atoms with Crippen molar-refractivity contribution in [3.8, 4) is 17.2 Å². The minimum Gasteiger partial charge on any atom is -0.507 e. The molecule has 0 bridgehead atoms. The molecule has 1 N–H and O–H groups in total. The number of amides is 1. The number of nitrogens with zero attached hydrogens (tertiary/aromatic N) is 2. The number of anilines is 1. The van der Waals surface area contributed by atoms with Crippen molar-refractivity contribution in [3.63, 3.8) is 0 Å². The number of aliphatic hydroxyl groups is 1. The zero-order valence-corrected chi connectivity index (χ0v) is 25.4. The second-order valence-electron chi connectivity index (χ2n) is 9.92. The summed E-state index contributed by atoms with van der Waals surface area (Å²) in [6.45, 7) is 2.60. The average molecular weight is 627 g/mol. The van der Waals surface area contributed by atoms with Gasteiger partial charge in [0.2, 0.25) is 0 Å². The quantitative estimate of drug-likeness (QED) is 0.102. The van der Waals surface area contributed by atoms with Crippen LogP contribution in [0.15, 0.2) is 96.6 Å². The van der Waals surface area contributed by atoms with Gasteiger partial charge in [-0.15, -0.1) is 0 Å². The molecule has 10 heteroatoms. The lowest BCUT2D eigenvalue weighted by Gasteiger charge is -2.24. The van der Waals surface area contributed by atoms with Crippen LogP contribution in [0.2, 0.25) is 5.02 Å². The highest BCUT2D eigenvalue weighted by molar-refractivity contribution is 7.22. The maximum Gasteiger partial charge on any atom is 0.301 e. The molecule has 6 rings (SSSR count). The molecule has 1 fully saturated rings. The normalized spacial score (nSPS) is 16.0. The van der Waals surface area contributed by atoms with Crippen molar-refractivity contribution >= 4 is 55.7 Å². The molecule has 1 aliphatic heterocycles. The predicted molar refractivity (Wildman–Crippen MR) is 171 cm³/mol. The summed E-state index contributed by atoms with van der Waals surface area (Å²) in [5.41, 5.74) is 2.39. The third-order valence-corrected chi connectivity index (χ3v) is 8.40. The van der Waals surface area contributed by atoms with Gasteiger partial charge in [0.05, 0.1) is 35.5 Å². The van der Waals surface area contributed by atoms with E-state index in [2.05, 4.69) is 4.98 Å². The maximum atomic E-state index is 13.7. The number of fused-ring (bicyclic) bond motifs is 1. The van der Waals surface area contributed by atoms with Gasteiger partial charge in [-0.25, -0.2) is 4.98 Å². The number of thiazole rings is 1. The molecule has 0 radical (unpaired) electrons. The van der Waals surface area contributed by atoms with Gasteiger partial charge in [-0.3, -0.25) is 14.5 Å². The van der Waals surface area contributed by atoms with E-state index < -0.39 is 17.7 Å². The molecule has 2 heterocycles. The van der Waals surface area contributed by atoms with Gasteiger partial charge >= 0.3 is 5.91 Å². The standard InChI is InChI=1S/C34H27ClN2O6S/c1-3-42-24-11-7-10-22(16-24)31(38)29-30(21-12-15-26(27(17-21)41-2)43-19-20-8-5-4-6-9-20)37(33(40)32(29)39)34-36-25-14-13-23(35)18-28(25)44-34/h4-18,30,38H,3,19H2,1-2H3/b31-29+. The Labute approximate surface area is 262 Å². The van der Waals surface area contributed by atoms with Crippen molar-refractivity contribution in [2.45, 2.75) is 19.6 Å². The number of hydrogen-bond acceptors (Lipinski definition) is 8. The first-order valence-electron chi connectivity index (χ1n) is 13.8. The molecule has 8 nitrogen and oxygen atoms in total. The number of carbonyl (C=O) groups is 2. The maximum absolute atomic E-state index is 13.7. The average Bonchev–Trinajstić information content (AvgIpc) is 3.57. The van der Waals surface area contributed by atoms with E-state index in [0.717, 1.165) is 10.3 Å². The van der Waals surface area contributed by atoms with E-state index in [4.69, 9.17) is 25.8 Å². The number of carbonyl (C=O) groups excluding carboxylic acids is 2. The molecule has 5 aromatic rings. The van der Waals surface area contributed by atoms with Gasteiger partial charge < -0.3 is 19.3 Å². The van der Waals surface area contributed by atoms with Crippen molar-refractivity contribution in [1.29, 1.82) is 0 Å². The van der Waals surface area contributed by atoms with Crippen LogP contribution in [0.5, 0.6) is 17.2 Å². The van der Waals surface area contributed by atoms with E-state index in [0.29, 0.717) is 57.3 Å². The largest absolute Gasteiger partial charge is 0.507 e. The first kappa shape index (κ1) is 29.2. The van der Waals surface area contributed by atoms with Crippen LogP contribution in [0.1, 0.15) is 29.7 Å². The molecule has 1 amide bonds. The van der Waals surface area contributed by atoms with Crippen molar-refractivity contribution in [1.82, 2.24) is 4.98 Å². The van der Waals surface area contributed by atoms with Crippen LogP contribution >= 0.6 is 22.9 Å². The summed E-state index contributed by atoms with van der Waals surface area (Å²) >= 11 is 7.44. The Morgan fingerprint density at radius 2 is 1.77 bits per heavy atom. The number of aliphatic hydroxyl groups excluding tert-OH is 1. The zero-order valence-electron chi connectivity index (χ0n) is 23.8. The molecule has 4 aromatic carbocycles. The number of rotatable bonds is 9. The molecular formula is C34H27ClN2O6S. The molecule has 1 aliphatic rings. The van der Waals surface area contributed by atoms with Crippen LogP contribution in [-0.4, -0.2) is 35.5 Å². The van der Waals surface area contributed by atoms with Crippen LogP contribution in [-0.2, 0) is 16.2 Å². The van der Waals surface area contributed by atoms with Gasteiger partial charge in [-0.1, -0.05) is 71.5 Å². The molecule has 1 atom stereocenters. The lowest BCUT2D eigenvalue weighted by atomic mass is 9.95. The highest BCUT2D eigenvalue weighted by Crippen LogP contribution is 2.46. The van der Waals surface area contributed by atoms with Gasteiger partial charge in [0.1, 0.15) is 18.1 Å². The highest BCUT2D eigenvalue weighted by Gasteiger charge is 2.48. The van der Waals surface area contributed by atoms with E-state index in [1.165, 1.54) is 23.3 Å². The number of halogens is 1.